The third-order valence-electron chi connectivity index (χ3n) is 12.2. The van der Waals surface area contributed by atoms with Gasteiger partial charge in [0.25, 0.3) is 0 Å². The van der Waals surface area contributed by atoms with Crippen LogP contribution in [0.2, 0.25) is 0 Å². The second-order valence-corrected chi connectivity index (χ2v) is 15.0. The highest BCUT2D eigenvalue weighted by molar-refractivity contribution is 6.00. The summed E-state index contributed by atoms with van der Waals surface area (Å²) in [6.45, 7) is 15.7. The van der Waals surface area contributed by atoms with Crippen molar-refractivity contribution in [3.63, 3.8) is 0 Å². The van der Waals surface area contributed by atoms with E-state index in [9.17, 15) is 14.4 Å². The molecule has 40 heavy (non-hydrogen) atoms. The summed E-state index contributed by atoms with van der Waals surface area (Å²) >= 11 is 0. The zero-order valence-corrected chi connectivity index (χ0v) is 25.8. The molecule has 0 aromatic heterocycles. The topological polar surface area (TPSA) is 60.4 Å². The minimum atomic E-state index is -0.221. The predicted octanol–water partition coefficient (Wildman–Crippen LogP) is 8.39. The molecule has 0 unspecified atom stereocenters. The van der Waals surface area contributed by atoms with Crippen molar-refractivity contribution in [2.45, 2.75) is 112 Å². The summed E-state index contributed by atoms with van der Waals surface area (Å²) in [6.07, 6.45) is 8.16. The Morgan fingerprint density at radius 1 is 0.975 bits per heavy atom. The maximum Gasteiger partial charge on any atom is 0.338 e. The molecule has 7 atom stereocenters. The van der Waals surface area contributed by atoms with Gasteiger partial charge >= 0.3 is 5.97 Å². The summed E-state index contributed by atoms with van der Waals surface area (Å²) in [5, 5.41) is 0. The van der Waals surface area contributed by atoms with Gasteiger partial charge in [-0.05, 0) is 91.6 Å². The van der Waals surface area contributed by atoms with Crippen LogP contribution in [-0.2, 0) is 14.3 Å². The number of carbonyl (C=O) groups excluding carboxylic acids is 3. The number of hydrogen-bond donors (Lipinski definition) is 0. The first-order valence-electron chi connectivity index (χ1n) is 15.9. The van der Waals surface area contributed by atoms with Crippen molar-refractivity contribution >= 4 is 17.5 Å². The average molecular weight is 547 g/mol. The quantitative estimate of drug-likeness (QED) is 0.322. The molecule has 0 heterocycles. The van der Waals surface area contributed by atoms with E-state index in [0.717, 1.165) is 44.9 Å². The van der Waals surface area contributed by atoms with Gasteiger partial charge in [-0.1, -0.05) is 72.2 Å². The van der Waals surface area contributed by atoms with Gasteiger partial charge in [-0.2, -0.15) is 0 Å². The number of carbonyl (C=O) groups is 3. The molecule has 4 heteroatoms. The summed E-state index contributed by atoms with van der Waals surface area (Å²) < 4.78 is 6.19. The molecule has 0 spiro atoms. The normalized spacial score (nSPS) is 35.5. The number of fused-ring (bicyclic) bond motifs is 4. The number of esters is 1. The van der Waals surface area contributed by atoms with Crippen LogP contribution < -0.4 is 0 Å². The van der Waals surface area contributed by atoms with Crippen molar-refractivity contribution in [1.82, 2.24) is 0 Å². The third-order valence-corrected chi connectivity index (χ3v) is 12.2. The van der Waals surface area contributed by atoms with Crippen molar-refractivity contribution in [2.24, 2.45) is 45.8 Å². The highest BCUT2D eigenvalue weighted by Crippen LogP contribution is 2.67. The van der Waals surface area contributed by atoms with Crippen LogP contribution in [0.1, 0.15) is 117 Å². The van der Waals surface area contributed by atoms with Gasteiger partial charge in [-0.15, -0.1) is 0 Å². The number of rotatable bonds is 7. The van der Waals surface area contributed by atoms with E-state index in [1.165, 1.54) is 11.1 Å². The molecule has 0 amide bonds. The molecule has 4 nitrogen and oxygen atoms in total. The molecule has 4 aliphatic carbocycles. The van der Waals surface area contributed by atoms with Crippen molar-refractivity contribution in [1.29, 1.82) is 0 Å². The number of ketones is 2. The molecule has 3 fully saturated rings. The van der Waals surface area contributed by atoms with E-state index in [1.54, 1.807) is 0 Å². The van der Waals surface area contributed by atoms with E-state index < -0.39 is 0 Å². The van der Waals surface area contributed by atoms with E-state index in [2.05, 4.69) is 34.6 Å². The lowest BCUT2D eigenvalue weighted by molar-refractivity contribution is -0.133. The molecule has 1 aromatic rings. The monoisotopic (exact) mass is 546 g/mol. The molecule has 0 saturated heterocycles. The number of benzene rings is 1. The second kappa shape index (κ2) is 10.6. The Kier molecular flexibility index (Phi) is 7.72. The SMILES string of the molecule is CC(C)C(=O)CC[C@@H](C)[C@H]1CC(=O)C2=C3CC[C@H]4C(C)(C)[C@@H](OC(=O)c5ccccc5)CC[C@]4(C)[C@H]3CC[C@@]21C. The Balaban J connectivity index is 1.37. The van der Waals surface area contributed by atoms with E-state index >= 15 is 0 Å². The predicted molar refractivity (Wildman–Crippen MR) is 159 cm³/mol. The van der Waals surface area contributed by atoms with E-state index in [4.69, 9.17) is 4.74 Å². The minimum Gasteiger partial charge on any atom is -0.458 e. The fourth-order valence-corrected chi connectivity index (χ4v) is 9.86. The molecule has 0 N–H and O–H groups in total. The maximum absolute atomic E-state index is 13.7. The molecule has 4 aliphatic rings. The first kappa shape index (κ1) is 29.3. The van der Waals surface area contributed by atoms with Crippen LogP contribution in [-0.4, -0.2) is 23.6 Å². The Hall–Kier alpha value is -2.23. The van der Waals surface area contributed by atoms with Gasteiger partial charge in [0.1, 0.15) is 11.9 Å². The van der Waals surface area contributed by atoms with Crippen molar-refractivity contribution in [2.75, 3.05) is 0 Å². The van der Waals surface area contributed by atoms with Gasteiger partial charge in [-0.25, -0.2) is 4.79 Å². The molecule has 0 aliphatic heterocycles. The van der Waals surface area contributed by atoms with Gasteiger partial charge < -0.3 is 4.74 Å². The van der Waals surface area contributed by atoms with Gasteiger partial charge in [0.05, 0.1) is 5.56 Å². The molecule has 0 radical (unpaired) electrons. The van der Waals surface area contributed by atoms with Crippen LogP contribution in [0.3, 0.4) is 0 Å². The van der Waals surface area contributed by atoms with Gasteiger partial charge in [0.15, 0.2) is 5.78 Å². The zero-order valence-electron chi connectivity index (χ0n) is 25.8. The molecular weight excluding hydrogens is 496 g/mol. The Morgan fingerprint density at radius 2 is 1.68 bits per heavy atom. The number of allylic oxidation sites excluding steroid dienone is 2. The summed E-state index contributed by atoms with van der Waals surface area (Å²) in [6, 6.07) is 9.34. The second-order valence-electron chi connectivity index (χ2n) is 15.0. The molecule has 1 aromatic carbocycles. The average Bonchev–Trinajstić information content (AvgIpc) is 3.19. The third kappa shape index (κ3) is 4.71. The zero-order chi connectivity index (χ0) is 29.0. The maximum atomic E-state index is 13.7. The fraction of sp³-hybridized carbons (Fsp3) is 0.694. The van der Waals surface area contributed by atoms with Gasteiger partial charge in [-0.3, -0.25) is 9.59 Å². The summed E-state index contributed by atoms with van der Waals surface area (Å²) in [5.41, 5.74) is 3.16. The van der Waals surface area contributed by atoms with Gasteiger partial charge in [0, 0.05) is 29.7 Å². The summed E-state index contributed by atoms with van der Waals surface area (Å²) in [4.78, 5) is 39.1. The van der Waals surface area contributed by atoms with E-state index in [-0.39, 0.29) is 34.2 Å². The largest absolute Gasteiger partial charge is 0.458 e. The minimum absolute atomic E-state index is 0.0651. The number of ether oxygens (including phenoxy) is 1. The van der Waals surface area contributed by atoms with E-state index in [1.807, 2.05) is 44.2 Å². The standard InChI is InChI=1S/C36H50O4/c1-22(2)28(37)15-13-23(3)27-21-29(38)32-25-14-16-30-34(4,5)31(40-33(39)24-11-9-8-10-12-24)18-20-35(30,6)26(25)17-19-36(27,32)7/h8-12,22-23,26-27,30-31H,13-21H2,1-7H3/t23-,26+,27-,30+,31+,35-,36-/m1/s1. The highest BCUT2D eigenvalue weighted by atomic mass is 16.5. The first-order chi connectivity index (χ1) is 18.8. The Labute approximate surface area is 241 Å². The number of hydrogen-bond acceptors (Lipinski definition) is 4. The Bertz CT molecular complexity index is 1190. The van der Waals surface area contributed by atoms with Gasteiger partial charge in [0.2, 0.25) is 0 Å². The molecule has 0 bridgehead atoms. The molecule has 3 saturated carbocycles. The smallest absolute Gasteiger partial charge is 0.338 e. The van der Waals surface area contributed by atoms with Crippen LogP contribution in [0.25, 0.3) is 0 Å². The summed E-state index contributed by atoms with van der Waals surface area (Å²) in [7, 11) is 0. The van der Waals surface area contributed by atoms with Crippen LogP contribution >= 0.6 is 0 Å². The number of Topliss-reactive ketones (excluding diaryl/α,β-unsaturated/α-hetero) is 2. The lowest BCUT2D eigenvalue weighted by Crippen LogP contribution is -2.57. The fourth-order valence-electron chi connectivity index (χ4n) is 9.86. The van der Waals surface area contributed by atoms with Crippen molar-refractivity contribution < 1.29 is 19.1 Å². The molecule has 218 valence electrons. The van der Waals surface area contributed by atoms with E-state index in [0.29, 0.717) is 53.6 Å². The molecular formula is C36H50O4. The van der Waals surface area contributed by atoms with Crippen molar-refractivity contribution in [3.05, 3.63) is 47.0 Å². The Morgan fingerprint density at radius 3 is 2.35 bits per heavy atom. The van der Waals surface area contributed by atoms with Crippen LogP contribution in [0.4, 0.5) is 0 Å². The lowest BCUT2D eigenvalue weighted by atomic mass is 9.44. The first-order valence-corrected chi connectivity index (χ1v) is 15.9. The molecule has 5 rings (SSSR count). The van der Waals surface area contributed by atoms with Crippen LogP contribution in [0, 0.1) is 45.8 Å². The highest BCUT2D eigenvalue weighted by Gasteiger charge is 2.61. The van der Waals surface area contributed by atoms with Crippen molar-refractivity contribution in [3.8, 4) is 0 Å². The summed E-state index contributed by atoms with van der Waals surface area (Å²) in [5.74, 6) is 2.14. The lowest BCUT2D eigenvalue weighted by Gasteiger charge is -2.61. The van der Waals surface area contributed by atoms with Crippen LogP contribution in [0.15, 0.2) is 41.5 Å². The van der Waals surface area contributed by atoms with Crippen LogP contribution in [0.5, 0.6) is 0 Å².